The van der Waals surface area contributed by atoms with Crippen LogP contribution in [0.4, 0.5) is 0 Å². The molecular formula is C16H30N4. The normalized spacial score (nSPS) is 11.6. The van der Waals surface area contributed by atoms with Gasteiger partial charge in [-0.05, 0) is 26.9 Å². The van der Waals surface area contributed by atoms with Gasteiger partial charge < -0.3 is 10.2 Å². The molecular weight excluding hydrogens is 248 g/mol. The highest BCUT2D eigenvalue weighted by atomic mass is 15.1. The topological polar surface area (TPSA) is 41.1 Å². The number of nitrogens with one attached hydrogen (secondary N) is 1. The standard InChI is InChI=1S/C16H30N4/c1-7-20(8-2)10-9-16-18-13(5)15(14(6)19-16)11-17-12(3)4/h12,17H,7-11H2,1-6H3. The lowest BCUT2D eigenvalue weighted by Gasteiger charge is -2.18. The van der Waals surface area contributed by atoms with Gasteiger partial charge in [0.2, 0.25) is 0 Å². The molecule has 0 bridgehead atoms. The van der Waals surface area contributed by atoms with E-state index in [-0.39, 0.29) is 0 Å². The minimum atomic E-state index is 0.483. The van der Waals surface area contributed by atoms with Crippen LogP contribution < -0.4 is 5.32 Å². The summed E-state index contributed by atoms with van der Waals surface area (Å²) in [5, 5.41) is 3.44. The summed E-state index contributed by atoms with van der Waals surface area (Å²) in [5.41, 5.74) is 3.46. The van der Waals surface area contributed by atoms with E-state index in [0.717, 1.165) is 49.8 Å². The van der Waals surface area contributed by atoms with E-state index in [1.54, 1.807) is 0 Å². The second-order valence-electron chi connectivity index (χ2n) is 5.60. The Labute approximate surface area is 124 Å². The lowest BCUT2D eigenvalue weighted by atomic mass is 10.1. The van der Waals surface area contributed by atoms with Gasteiger partial charge in [0.25, 0.3) is 0 Å². The van der Waals surface area contributed by atoms with E-state index < -0.39 is 0 Å². The van der Waals surface area contributed by atoms with Crippen molar-refractivity contribution >= 4 is 0 Å². The molecule has 1 aromatic rings. The Morgan fingerprint density at radius 1 is 1.05 bits per heavy atom. The van der Waals surface area contributed by atoms with Crippen LogP contribution in [0.5, 0.6) is 0 Å². The van der Waals surface area contributed by atoms with Gasteiger partial charge in [0, 0.05) is 42.5 Å². The zero-order valence-corrected chi connectivity index (χ0v) is 14.0. The number of rotatable bonds is 8. The summed E-state index contributed by atoms with van der Waals surface area (Å²) in [6.45, 7) is 17.0. The molecule has 114 valence electrons. The largest absolute Gasteiger partial charge is 0.310 e. The Morgan fingerprint density at radius 3 is 2.05 bits per heavy atom. The fraction of sp³-hybridized carbons (Fsp3) is 0.750. The molecule has 0 atom stereocenters. The Balaban J connectivity index is 2.72. The number of likely N-dealkylation sites (N-methyl/N-ethyl adjacent to an activating group) is 1. The molecule has 4 nitrogen and oxygen atoms in total. The van der Waals surface area contributed by atoms with Crippen LogP contribution in [-0.2, 0) is 13.0 Å². The van der Waals surface area contributed by atoms with E-state index in [4.69, 9.17) is 0 Å². The molecule has 0 aliphatic heterocycles. The summed E-state index contributed by atoms with van der Waals surface area (Å²) in [5.74, 6) is 0.972. The third-order valence-corrected chi connectivity index (χ3v) is 3.70. The maximum atomic E-state index is 4.67. The second-order valence-corrected chi connectivity index (χ2v) is 5.60. The van der Waals surface area contributed by atoms with Gasteiger partial charge in [0.05, 0.1) is 0 Å². The summed E-state index contributed by atoms with van der Waals surface area (Å²) in [6, 6.07) is 0.483. The van der Waals surface area contributed by atoms with Crippen LogP contribution in [0.3, 0.4) is 0 Å². The smallest absolute Gasteiger partial charge is 0.130 e. The van der Waals surface area contributed by atoms with E-state index in [9.17, 15) is 0 Å². The molecule has 20 heavy (non-hydrogen) atoms. The van der Waals surface area contributed by atoms with Crippen molar-refractivity contribution in [3.05, 3.63) is 22.8 Å². The van der Waals surface area contributed by atoms with Crippen molar-refractivity contribution in [1.82, 2.24) is 20.2 Å². The van der Waals surface area contributed by atoms with Crippen molar-refractivity contribution in [3.63, 3.8) is 0 Å². The predicted octanol–water partition coefficient (Wildman–Crippen LogP) is 2.48. The van der Waals surface area contributed by atoms with Crippen molar-refractivity contribution in [2.45, 2.75) is 60.5 Å². The van der Waals surface area contributed by atoms with Crippen molar-refractivity contribution in [1.29, 1.82) is 0 Å². The lowest BCUT2D eigenvalue weighted by molar-refractivity contribution is 0.305. The molecule has 0 aromatic carbocycles. The molecule has 1 aromatic heterocycles. The zero-order valence-electron chi connectivity index (χ0n) is 14.0. The van der Waals surface area contributed by atoms with Crippen LogP contribution in [0.25, 0.3) is 0 Å². The Morgan fingerprint density at radius 2 is 1.60 bits per heavy atom. The summed E-state index contributed by atoms with van der Waals surface area (Å²) in [7, 11) is 0. The third kappa shape index (κ3) is 5.17. The summed E-state index contributed by atoms with van der Waals surface area (Å²) in [4.78, 5) is 11.8. The first-order chi connectivity index (χ1) is 9.47. The fourth-order valence-electron chi connectivity index (χ4n) is 2.28. The van der Waals surface area contributed by atoms with Gasteiger partial charge in [-0.2, -0.15) is 0 Å². The molecule has 0 aliphatic carbocycles. The molecule has 0 unspecified atom stereocenters. The highest BCUT2D eigenvalue weighted by molar-refractivity contribution is 5.24. The molecule has 1 rings (SSSR count). The van der Waals surface area contributed by atoms with Gasteiger partial charge in [-0.3, -0.25) is 0 Å². The summed E-state index contributed by atoms with van der Waals surface area (Å²) < 4.78 is 0. The summed E-state index contributed by atoms with van der Waals surface area (Å²) >= 11 is 0. The first-order valence-corrected chi connectivity index (χ1v) is 7.76. The molecule has 0 saturated heterocycles. The van der Waals surface area contributed by atoms with Crippen molar-refractivity contribution < 1.29 is 0 Å². The monoisotopic (exact) mass is 278 g/mol. The van der Waals surface area contributed by atoms with Crippen molar-refractivity contribution in [3.8, 4) is 0 Å². The number of aromatic nitrogens is 2. The molecule has 1 heterocycles. The van der Waals surface area contributed by atoms with Crippen LogP contribution in [0, 0.1) is 13.8 Å². The average Bonchev–Trinajstić information content (AvgIpc) is 2.38. The molecule has 0 spiro atoms. The van der Waals surface area contributed by atoms with E-state index in [1.165, 1.54) is 5.56 Å². The minimum absolute atomic E-state index is 0.483. The second kappa shape index (κ2) is 8.32. The van der Waals surface area contributed by atoms with Gasteiger partial charge >= 0.3 is 0 Å². The summed E-state index contributed by atoms with van der Waals surface area (Å²) in [6.07, 6.45) is 0.932. The van der Waals surface area contributed by atoms with E-state index >= 15 is 0 Å². The van der Waals surface area contributed by atoms with Crippen LogP contribution >= 0.6 is 0 Å². The van der Waals surface area contributed by atoms with Gasteiger partial charge in [-0.25, -0.2) is 9.97 Å². The predicted molar refractivity (Wildman–Crippen MR) is 85.0 cm³/mol. The lowest BCUT2D eigenvalue weighted by Crippen LogP contribution is -2.26. The maximum Gasteiger partial charge on any atom is 0.130 e. The van der Waals surface area contributed by atoms with E-state index in [1.807, 2.05) is 0 Å². The molecule has 4 heteroatoms. The van der Waals surface area contributed by atoms with Gasteiger partial charge in [-0.1, -0.05) is 27.7 Å². The molecule has 1 N–H and O–H groups in total. The Bertz CT molecular complexity index is 388. The highest BCUT2D eigenvalue weighted by Crippen LogP contribution is 2.11. The SMILES string of the molecule is CCN(CC)CCc1nc(C)c(CNC(C)C)c(C)n1. The maximum absolute atomic E-state index is 4.67. The van der Waals surface area contributed by atoms with E-state index in [0.29, 0.717) is 6.04 Å². The number of nitrogens with zero attached hydrogens (tertiary/aromatic N) is 3. The molecule has 0 amide bonds. The minimum Gasteiger partial charge on any atom is -0.310 e. The first-order valence-electron chi connectivity index (χ1n) is 7.76. The van der Waals surface area contributed by atoms with Gasteiger partial charge in [0.15, 0.2) is 0 Å². The highest BCUT2D eigenvalue weighted by Gasteiger charge is 2.09. The van der Waals surface area contributed by atoms with Crippen LogP contribution in [0.15, 0.2) is 0 Å². The molecule has 0 fully saturated rings. The van der Waals surface area contributed by atoms with Crippen molar-refractivity contribution in [2.24, 2.45) is 0 Å². The zero-order chi connectivity index (χ0) is 15.1. The number of hydrogen-bond acceptors (Lipinski definition) is 4. The molecule has 0 aliphatic rings. The Hall–Kier alpha value is -1.00. The van der Waals surface area contributed by atoms with Crippen molar-refractivity contribution in [2.75, 3.05) is 19.6 Å². The number of hydrogen-bond donors (Lipinski definition) is 1. The number of aryl methyl sites for hydroxylation is 2. The van der Waals surface area contributed by atoms with Crippen LogP contribution in [0.2, 0.25) is 0 Å². The third-order valence-electron chi connectivity index (χ3n) is 3.70. The van der Waals surface area contributed by atoms with Gasteiger partial charge in [0.1, 0.15) is 5.82 Å². The molecule has 0 radical (unpaired) electrons. The average molecular weight is 278 g/mol. The fourth-order valence-corrected chi connectivity index (χ4v) is 2.28. The first kappa shape index (κ1) is 17.1. The van der Waals surface area contributed by atoms with Crippen LogP contribution in [0.1, 0.15) is 50.5 Å². The van der Waals surface area contributed by atoms with E-state index in [2.05, 4.69) is 61.7 Å². The Kier molecular flexibility index (Phi) is 7.10. The quantitative estimate of drug-likeness (QED) is 0.793. The van der Waals surface area contributed by atoms with Gasteiger partial charge in [-0.15, -0.1) is 0 Å². The van der Waals surface area contributed by atoms with Crippen LogP contribution in [-0.4, -0.2) is 40.5 Å². The molecule has 0 saturated carbocycles.